The zero-order valence-electron chi connectivity index (χ0n) is 19.2. The van der Waals surface area contributed by atoms with Crippen molar-refractivity contribution in [3.8, 4) is 11.5 Å². The summed E-state index contributed by atoms with van der Waals surface area (Å²) in [6.07, 6.45) is 3.83. The largest absolute Gasteiger partial charge is 0.454 e. The molecule has 2 amide bonds. The minimum Gasteiger partial charge on any atom is -0.454 e. The zero-order chi connectivity index (χ0) is 24.4. The summed E-state index contributed by atoms with van der Waals surface area (Å²) < 4.78 is 10.9. The van der Waals surface area contributed by atoms with Gasteiger partial charge in [-0.3, -0.25) is 19.3 Å². The Hall–Kier alpha value is -4.39. The van der Waals surface area contributed by atoms with Crippen molar-refractivity contribution < 1.29 is 23.9 Å². The average Bonchev–Trinajstić information content (AvgIpc) is 3.59. The molecule has 7 rings (SSSR count). The number of ether oxygens (including phenoxy) is 2. The maximum Gasteiger partial charge on any atom is 0.236 e. The molecule has 4 aliphatic heterocycles. The monoisotopic (exact) mass is 478 g/mol. The number of nitrogens with zero attached hydrogens (tertiary/aromatic N) is 2. The van der Waals surface area contributed by atoms with Crippen LogP contribution >= 0.6 is 0 Å². The molecule has 3 aromatic rings. The lowest BCUT2D eigenvalue weighted by molar-refractivity contribution is -0.142. The molecular weight excluding hydrogens is 456 g/mol. The normalized spacial score (nSPS) is 25.1. The molecule has 7 heteroatoms. The molecular formula is C29H22N2O5. The number of hydrogen-bond acceptors (Lipinski definition) is 6. The number of benzene rings is 3. The van der Waals surface area contributed by atoms with Gasteiger partial charge in [-0.25, -0.2) is 0 Å². The van der Waals surface area contributed by atoms with Gasteiger partial charge in [0.1, 0.15) is 6.04 Å². The Morgan fingerprint density at radius 2 is 1.61 bits per heavy atom. The first-order valence-corrected chi connectivity index (χ1v) is 12.0. The van der Waals surface area contributed by atoms with E-state index >= 15 is 0 Å². The zero-order valence-corrected chi connectivity index (χ0v) is 19.2. The van der Waals surface area contributed by atoms with Crippen LogP contribution in [0.5, 0.6) is 11.5 Å². The second kappa shape index (κ2) is 7.81. The van der Waals surface area contributed by atoms with E-state index in [1.54, 1.807) is 24.3 Å². The lowest BCUT2D eigenvalue weighted by Gasteiger charge is -2.35. The van der Waals surface area contributed by atoms with Crippen LogP contribution in [0.1, 0.15) is 33.1 Å². The number of amides is 2. The Balaban J connectivity index is 1.30. The Morgan fingerprint density at radius 1 is 0.861 bits per heavy atom. The number of rotatable bonds is 4. The van der Waals surface area contributed by atoms with Crippen LogP contribution in [-0.2, 0) is 16.1 Å². The van der Waals surface area contributed by atoms with Crippen molar-refractivity contribution >= 4 is 23.7 Å². The van der Waals surface area contributed by atoms with Crippen LogP contribution in [0, 0.1) is 11.8 Å². The van der Waals surface area contributed by atoms with E-state index in [1.165, 1.54) is 4.90 Å². The number of carbonyl (C=O) groups excluding carboxylic acids is 3. The molecule has 0 aromatic heterocycles. The van der Waals surface area contributed by atoms with E-state index in [-0.39, 0.29) is 37.0 Å². The molecule has 0 aliphatic carbocycles. The van der Waals surface area contributed by atoms with Crippen LogP contribution in [0.3, 0.4) is 0 Å². The first-order chi connectivity index (χ1) is 17.6. The molecule has 2 saturated heterocycles. The molecule has 4 atom stereocenters. The second-order valence-corrected chi connectivity index (χ2v) is 9.51. The standard InChI is InChI=1S/C29H22N2O5/c32-27(19-7-2-1-3-8-19)26-24-23(25-20-9-5-4-6-18(20)12-13-30(25)26)28(33)31(29(24)34)15-17-10-11-21-22(14-17)36-16-35-21/h1-14,23-26H,15-16H2/t23-,24-,25-,26+/m0/s1. The van der Waals surface area contributed by atoms with E-state index in [2.05, 4.69) is 0 Å². The lowest BCUT2D eigenvalue weighted by atomic mass is 9.83. The van der Waals surface area contributed by atoms with E-state index in [4.69, 9.17) is 9.47 Å². The summed E-state index contributed by atoms with van der Waals surface area (Å²) in [5.41, 5.74) is 3.26. The highest BCUT2D eigenvalue weighted by molar-refractivity contribution is 6.12. The van der Waals surface area contributed by atoms with Crippen molar-refractivity contribution in [3.05, 3.63) is 101 Å². The maximum atomic E-state index is 13.9. The van der Waals surface area contributed by atoms with Crippen LogP contribution < -0.4 is 9.47 Å². The third-order valence-electron chi connectivity index (χ3n) is 7.66. The van der Waals surface area contributed by atoms with Crippen LogP contribution in [0.2, 0.25) is 0 Å². The summed E-state index contributed by atoms with van der Waals surface area (Å²) in [6.45, 7) is 0.274. The van der Waals surface area contributed by atoms with Gasteiger partial charge in [0, 0.05) is 11.8 Å². The van der Waals surface area contributed by atoms with Crippen molar-refractivity contribution in [2.24, 2.45) is 11.8 Å². The quantitative estimate of drug-likeness (QED) is 0.419. The highest BCUT2D eigenvalue weighted by Gasteiger charge is 2.64. The Morgan fingerprint density at radius 3 is 2.47 bits per heavy atom. The summed E-state index contributed by atoms with van der Waals surface area (Å²) in [6, 6.07) is 21.1. The first-order valence-electron chi connectivity index (χ1n) is 12.0. The average molecular weight is 479 g/mol. The second-order valence-electron chi connectivity index (χ2n) is 9.51. The molecule has 0 saturated carbocycles. The summed E-state index contributed by atoms with van der Waals surface area (Å²) in [5.74, 6) is -0.868. The van der Waals surface area contributed by atoms with Gasteiger partial charge in [0.15, 0.2) is 17.3 Å². The Labute approximate surface area is 207 Å². The molecule has 4 aliphatic rings. The topological polar surface area (TPSA) is 76.1 Å². The molecule has 4 heterocycles. The minimum absolute atomic E-state index is 0.123. The minimum atomic E-state index is -0.764. The van der Waals surface area contributed by atoms with E-state index in [1.807, 2.05) is 65.7 Å². The third kappa shape index (κ3) is 2.95. The van der Waals surface area contributed by atoms with Crippen molar-refractivity contribution in [2.45, 2.75) is 18.6 Å². The van der Waals surface area contributed by atoms with Gasteiger partial charge in [-0.1, -0.05) is 60.7 Å². The number of likely N-dealkylation sites (tertiary alicyclic amines) is 1. The Bertz CT molecular complexity index is 1450. The maximum absolute atomic E-state index is 13.9. The van der Waals surface area contributed by atoms with Crippen molar-refractivity contribution in [3.63, 3.8) is 0 Å². The predicted octanol–water partition coefficient (Wildman–Crippen LogP) is 3.81. The lowest BCUT2D eigenvalue weighted by Crippen LogP contribution is -2.44. The first kappa shape index (κ1) is 20.9. The molecule has 0 radical (unpaired) electrons. The Kier molecular flexibility index (Phi) is 4.54. The third-order valence-corrected chi connectivity index (χ3v) is 7.66. The molecule has 0 bridgehead atoms. The SMILES string of the molecule is O=C(c1ccccc1)[C@H]1[C@H]2C(=O)N(Cc3ccc4c(c3)OCO4)C(=O)[C@@H]2[C@@H]2c3ccccc3C=CN12. The molecule has 2 fully saturated rings. The number of fused-ring (bicyclic) bond motifs is 6. The highest BCUT2D eigenvalue weighted by atomic mass is 16.7. The van der Waals surface area contributed by atoms with Gasteiger partial charge in [0.25, 0.3) is 0 Å². The molecule has 0 spiro atoms. The fourth-order valence-electron chi connectivity index (χ4n) is 6.07. The summed E-state index contributed by atoms with van der Waals surface area (Å²) in [7, 11) is 0. The van der Waals surface area contributed by atoms with Gasteiger partial charge in [-0.2, -0.15) is 0 Å². The van der Waals surface area contributed by atoms with E-state index in [9.17, 15) is 14.4 Å². The van der Waals surface area contributed by atoms with Crippen LogP contribution in [0.15, 0.2) is 79.0 Å². The molecule has 0 N–H and O–H groups in total. The number of carbonyl (C=O) groups is 3. The van der Waals surface area contributed by atoms with E-state index < -0.39 is 17.9 Å². The van der Waals surface area contributed by atoms with Crippen molar-refractivity contribution in [1.29, 1.82) is 0 Å². The van der Waals surface area contributed by atoms with E-state index in [0.29, 0.717) is 17.1 Å². The summed E-state index contributed by atoms with van der Waals surface area (Å²) in [4.78, 5) is 44.8. The van der Waals surface area contributed by atoms with Crippen molar-refractivity contribution in [2.75, 3.05) is 6.79 Å². The van der Waals surface area contributed by atoms with Crippen LogP contribution in [-0.4, -0.2) is 40.2 Å². The number of Topliss-reactive ketones (excluding diaryl/α,β-unsaturated/α-hetero) is 1. The summed E-state index contributed by atoms with van der Waals surface area (Å²) >= 11 is 0. The van der Waals surface area contributed by atoms with Gasteiger partial charge in [-0.15, -0.1) is 0 Å². The predicted molar refractivity (Wildman–Crippen MR) is 130 cm³/mol. The number of ketones is 1. The highest BCUT2D eigenvalue weighted by Crippen LogP contribution is 2.53. The molecule has 0 unspecified atom stereocenters. The van der Waals surface area contributed by atoms with Crippen molar-refractivity contribution in [1.82, 2.24) is 9.80 Å². The fraction of sp³-hybridized carbons (Fsp3) is 0.207. The smallest absolute Gasteiger partial charge is 0.236 e. The molecule has 3 aromatic carbocycles. The summed E-state index contributed by atoms with van der Waals surface area (Å²) in [5, 5.41) is 0. The van der Waals surface area contributed by atoms with Gasteiger partial charge in [0.2, 0.25) is 18.6 Å². The molecule has 36 heavy (non-hydrogen) atoms. The van der Waals surface area contributed by atoms with E-state index in [0.717, 1.165) is 16.7 Å². The fourth-order valence-corrected chi connectivity index (χ4v) is 6.07. The van der Waals surface area contributed by atoms with Gasteiger partial charge in [-0.05, 0) is 34.9 Å². The molecule has 7 nitrogen and oxygen atoms in total. The van der Waals surface area contributed by atoms with Gasteiger partial charge < -0.3 is 14.4 Å². The van der Waals surface area contributed by atoms with Gasteiger partial charge >= 0.3 is 0 Å². The van der Waals surface area contributed by atoms with Crippen LogP contribution in [0.4, 0.5) is 0 Å². The van der Waals surface area contributed by atoms with Gasteiger partial charge in [0.05, 0.1) is 24.4 Å². The van der Waals surface area contributed by atoms with Crippen LogP contribution in [0.25, 0.3) is 6.08 Å². The molecule has 178 valence electrons. The number of hydrogen-bond donors (Lipinski definition) is 0. The number of imide groups is 1.